The van der Waals surface area contributed by atoms with Gasteiger partial charge in [-0.05, 0) is 38.0 Å². The molecule has 1 heterocycles. The predicted molar refractivity (Wildman–Crippen MR) is 69.8 cm³/mol. The Morgan fingerprint density at radius 3 is 2.42 bits per heavy atom. The quantitative estimate of drug-likeness (QED) is 0.547. The lowest BCUT2D eigenvalue weighted by Crippen LogP contribution is -2.46. The molecule has 1 aliphatic heterocycles. The van der Waals surface area contributed by atoms with Gasteiger partial charge in [-0.3, -0.25) is 5.26 Å². The second-order valence-electron chi connectivity index (χ2n) is 6.07. The Kier molecular flexibility index (Phi) is 5.59. The molecule has 0 bridgehead atoms. The number of rotatable bonds is 7. The summed E-state index contributed by atoms with van der Waals surface area (Å²) >= 11 is 0. The number of ether oxygens (including phenoxy) is 2. The van der Waals surface area contributed by atoms with Gasteiger partial charge >= 0.3 is 0 Å². The van der Waals surface area contributed by atoms with Gasteiger partial charge in [-0.25, -0.2) is 4.89 Å². The Morgan fingerprint density at radius 2 is 1.95 bits per heavy atom. The first kappa shape index (κ1) is 15.2. The molecular formula is C14H26O5. The third kappa shape index (κ3) is 3.89. The van der Waals surface area contributed by atoms with Crippen LogP contribution in [0.4, 0.5) is 0 Å². The molecule has 0 amide bonds. The molecule has 2 N–H and O–H groups in total. The van der Waals surface area contributed by atoms with E-state index in [1.54, 1.807) is 0 Å². The van der Waals surface area contributed by atoms with Crippen molar-refractivity contribution in [3.05, 3.63) is 0 Å². The van der Waals surface area contributed by atoms with Crippen molar-refractivity contribution in [2.75, 3.05) is 26.4 Å². The summed E-state index contributed by atoms with van der Waals surface area (Å²) in [5.41, 5.74) is 0.169. The lowest BCUT2D eigenvalue weighted by Gasteiger charge is -2.40. The summed E-state index contributed by atoms with van der Waals surface area (Å²) in [5.74, 6) is 0.281. The lowest BCUT2D eigenvalue weighted by molar-refractivity contribution is -0.303. The van der Waals surface area contributed by atoms with E-state index < -0.39 is 0 Å². The molecule has 5 nitrogen and oxygen atoms in total. The zero-order valence-corrected chi connectivity index (χ0v) is 11.7. The van der Waals surface area contributed by atoms with Crippen LogP contribution in [0.2, 0.25) is 0 Å². The molecule has 2 fully saturated rings. The molecule has 2 aliphatic rings. The van der Waals surface area contributed by atoms with Gasteiger partial charge in [0.1, 0.15) is 6.10 Å². The zero-order valence-electron chi connectivity index (χ0n) is 11.7. The van der Waals surface area contributed by atoms with Crippen LogP contribution in [0.5, 0.6) is 0 Å². The summed E-state index contributed by atoms with van der Waals surface area (Å²) < 4.78 is 11.0. The van der Waals surface area contributed by atoms with E-state index in [-0.39, 0.29) is 23.5 Å². The summed E-state index contributed by atoms with van der Waals surface area (Å²) in [6.45, 7) is 4.76. The van der Waals surface area contributed by atoms with Gasteiger partial charge in [0.25, 0.3) is 0 Å². The highest BCUT2D eigenvalue weighted by molar-refractivity contribution is 4.84. The molecule has 0 aromatic carbocycles. The number of aliphatic hydroxyl groups excluding tert-OH is 1. The van der Waals surface area contributed by atoms with Crippen LogP contribution in [0.15, 0.2) is 0 Å². The minimum Gasteiger partial charge on any atom is -0.393 e. The highest BCUT2D eigenvalue weighted by Crippen LogP contribution is 2.32. The van der Waals surface area contributed by atoms with E-state index in [2.05, 4.69) is 11.8 Å². The van der Waals surface area contributed by atoms with Crippen LogP contribution in [-0.4, -0.2) is 49.0 Å². The SMILES string of the molecule is CCC1(COCC(OO)C2CCC(O)CC2)COC1. The third-order valence-corrected chi connectivity index (χ3v) is 4.66. The van der Waals surface area contributed by atoms with Gasteiger partial charge in [-0.2, -0.15) is 0 Å². The van der Waals surface area contributed by atoms with E-state index in [1.807, 2.05) is 0 Å². The van der Waals surface area contributed by atoms with E-state index in [1.165, 1.54) is 0 Å². The molecule has 0 radical (unpaired) electrons. The molecule has 1 saturated carbocycles. The maximum atomic E-state index is 9.49. The summed E-state index contributed by atoms with van der Waals surface area (Å²) in [6.07, 6.45) is 3.94. The molecule has 5 heteroatoms. The Balaban J connectivity index is 1.70. The zero-order chi connectivity index (χ0) is 13.7. The lowest BCUT2D eigenvalue weighted by atomic mass is 9.83. The van der Waals surface area contributed by atoms with Crippen molar-refractivity contribution in [1.82, 2.24) is 0 Å². The Morgan fingerprint density at radius 1 is 1.26 bits per heavy atom. The average Bonchev–Trinajstić information content (AvgIpc) is 2.39. The fraction of sp³-hybridized carbons (Fsp3) is 1.00. The van der Waals surface area contributed by atoms with E-state index in [0.717, 1.165) is 45.3 Å². The van der Waals surface area contributed by atoms with E-state index >= 15 is 0 Å². The van der Waals surface area contributed by atoms with Crippen molar-refractivity contribution in [2.24, 2.45) is 11.3 Å². The maximum absolute atomic E-state index is 9.49. The summed E-state index contributed by atoms with van der Waals surface area (Å²) in [6, 6.07) is 0. The van der Waals surface area contributed by atoms with Crippen molar-refractivity contribution >= 4 is 0 Å². The van der Waals surface area contributed by atoms with Crippen LogP contribution < -0.4 is 0 Å². The Hall–Kier alpha value is -0.200. The predicted octanol–water partition coefficient (Wildman–Crippen LogP) is 1.84. The molecule has 0 aromatic heterocycles. The molecule has 0 spiro atoms. The van der Waals surface area contributed by atoms with Crippen LogP contribution in [0.3, 0.4) is 0 Å². The van der Waals surface area contributed by atoms with Gasteiger partial charge in [0, 0.05) is 5.41 Å². The van der Waals surface area contributed by atoms with E-state index in [9.17, 15) is 5.11 Å². The van der Waals surface area contributed by atoms with Gasteiger partial charge in [-0.15, -0.1) is 0 Å². The molecule has 112 valence electrons. The van der Waals surface area contributed by atoms with Gasteiger partial charge < -0.3 is 14.6 Å². The molecular weight excluding hydrogens is 248 g/mol. The van der Waals surface area contributed by atoms with Crippen molar-refractivity contribution < 1.29 is 24.7 Å². The van der Waals surface area contributed by atoms with E-state index in [0.29, 0.717) is 13.2 Å². The molecule has 2 rings (SSSR count). The summed E-state index contributed by atoms with van der Waals surface area (Å²) in [7, 11) is 0. The monoisotopic (exact) mass is 274 g/mol. The molecule has 0 aromatic rings. The number of aliphatic hydroxyl groups is 1. The molecule has 1 aliphatic carbocycles. The smallest absolute Gasteiger partial charge is 0.119 e. The van der Waals surface area contributed by atoms with Crippen molar-refractivity contribution in [2.45, 2.75) is 51.2 Å². The second-order valence-corrected chi connectivity index (χ2v) is 6.07. The molecule has 19 heavy (non-hydrogen) atoms. The largest absolute Gasteiger partial charge is 0.393 e. The second kappa shape index (κ2) is 6.99. The highest BCUT2D eigenvalue weighted by Gasteiger charge is 2.37. The minimum absolute atomic E-state index is 0.169. The minimum atomic E-state index is -0.276. The Labute approximate surface area is 114 Å². The topological polar surface area (TPSA) is 68.2 Å². The van der Waals surface area contributed by atoms with Crippen LogP contribution in [0, 0.1) is 11.3 Å². The molecule has 1 saturated heterocycles. The van der Waals surface area contributed by atoms with Gasteiger partial charge in [-0.1, -0.05) is 6.92 Å². The van der Waals surface area contributed by atoms with Gasteiger partial charge in [0.05, 0.1) is 32.5 Å². The first-order chi connectivity index (χ1) is 9.19. The summed E-state index contributed by atoms with van der Waals surface area (Å²) in [5, 5.41) is 18.5. The fourth-order valence-corrected chi connectivity index (χ4v) is 2.90. The number of hydrogen-bond donors (Lipinski definition) is 2. The van der Waals surface area contributed by atoms with Crippen LogP contribution in [0.25, 0.3) is 0 Å². The van der Waals surface area contributed by atoms with Crippen LogP contribution in [-0.2, 0) is 14.4 Å². The van der Waals surface area contributed by atoms with E-state index in [4.69, 9.17) is 14.7 Å². The van der Waals surface area contributed by atoms with Crippen LogP contribution in [0.1, 0.15) is 39.0 Å². The van der Waals surface area contributed by atoms with Crippen molar-refractivity contribution in [3.63, 3.8) is 0 Å². The fourth-order valence-electron chi connectivity index (χ4n) is 2.90. The van der Waals surface area contributed by atoms with Crippen LogP contribution >= 0.6 is 0 Å². The average molecular weight is 274 g/mol. The summed E-state index contributed by atoms with van der Waals surface area (Å²) in [4.78, 5) is 4.59. The van der Waals surface area contributed by atoms with Crippen molar-refractivity contribution in [3.8, 4) is 0 Å². The number of hydrogen-bond acceptors (Lipinski definition) is 5. The van der Waals surface area contributed by atoms with Gasteiger partial charge in [0.15, 0.2) is 0 Å². The maximum Gasteiger partial charge on any atom is 0.119 e. The highest BCUT2D eigenvalue weighted by atomic mass is 17.1. The molecule has 1 unspecified atom stereocenters. The standard InChI is InChI=1S/C14H26O5/c1-2-14(9-18-10-14)8-17-7-13(19-16)11-3-5-12(15)6-4-11/h11-13,15-16H,2-10H2,1H3. The van der Waals surface area contributed by atoms with Gasteiger partial charge in [0.2, 0.25) is 0 Å². The van der Waals surface area contributed by atoms with Crippen molar-refractivity contribution in [1.29, 1.82) is 0 Å². The Bertz CT molecular complexity index is 253. The first-order valence-electron chi connectivity index (χ1n) is 7.33. The normalized spacial score (nSPS) is 31.7. The first-order valence-corrected chi connectivity index (χ1v) is 7.33. The third-order valence-electron chi connectivity index (χ3n) is 4.66. The molecule has 1 atom stereocenters.